The number of rotatable bonds is 3. The lowest BCUT2D eigenvalue weighted by Gasteiger charge is -2.05. The predicted molar refractivity (Wildman–Crippen MR) is 61.9 cm³/mol. The lowest BCUT2D eigenvalue weighted by atomic mass is 10.2. The molecule has 0 radical (unpaired) electrons. The second-order valence-electron chi connectivity index (χ2n) is 3.33. The quantitative estimate of drug-likeness (QED) is 0.661. The zero-order chi connectivity index (χ0) is 12.3. The highest BCUT2D eigenvalue weighted by Gasteiger charge is 2.03. The van der Waals surface area contributed by atoms with Gasteiger partial charge in [-0.1, -0.05) is 6.07 Å². The molecule has 0 unspecified atom stereocenters. The molecular formula is C10H11N5O2. The molecule has 7 heteroatoms. The smallest absolute Gasteiger partial charge is 0.325 e. The van der Waals surface area contributed by atoms with Crippen molar-refractivity contribution in [2.24, 2.45) is 5.73 Å². The fourth-order valence-electron chi connectivity index (χ4n) is 1.38. The summed E-state index contributed by atoms with van der Waals surface area (Å²) < 4.78 is 1.33. The highest BCUT2D eigenvalue weighted by atomic mass is 16.2. The van der Waals surface area contributed by atoms with Gasteiger partial charge in [-0.2, -0.15) is 5.10 Å². The molecule has 7 nitrogen and oxygen atoms in total. The summed E-state index contributed by atoms with van der Waals surface area (Å²) in [6.45, 7) is -0.0874. The van der Waals surface area contributed by atoms with E-state index in [1.54, 1.807) is 24.3 Å². The highest BCUT2D eigenvalue weighted by molar-refractivity contribution is 5.92. The van der Waals surface area contributed by atoms with E-state index in [4.69, 9.17) is 5.73 Å². The zero-order valence-corrected chi connectivity index (χ0v) is 8.88. The summed E-state index contributed by atoms with van der Waals surface area (Å²) in [6, 6.07) is 6.82. The topological polar surface area (TPSA) is 106 Å². The van der Waals surface area contributed by atoms with Gasteiger partial charge in [-0.05, 0) is 18.2 Å². The second-order valence-corrected chi connectivity index (χ2v) is 3.33. The maximum Gasteiger partial charge on any atom is 0.347 e. The Labute approximate surface area is 96.3 Å². The summed E-state index contributed by atoms with van der Waals surface area (Å²) >= 11 is 0. The van der Waals surface area contributed by atoms with Gasteiger partial charge in [0.05, 0.1) is 12.2 Å². The van der Waals surface area contributed by atoms with E-state index in [2.05, 4.69) is 15.5 Å². The number of H-pyrrole nitrogens is 1. The van der Waals surface area contributed by atoms with Gasteiger partial charge in [0, 0.05) is 5.69 Å². The van der Waals surface area contributed by atoms with E-state index in [1.165, 1.54) is 10.9 Å². The molecule has 2 aromatic rings. The molecule has 1 aromatic heterocycles. The molecule has 0 aliphatic rings. The van der Waals surface area contributed by atoms with Crippen molar-refractivity contribution in [3.05, 3.63) is 41.1 Å². The van der Waals surface area contributed by atoms with Crippen LogP contribution < -0.4 is 16.7 Å². The van der Waals surface area contributed by atoms with E-state index in [9.17, 15) is 9.59 Å². The average molecular weight is 233 g/mol. The normalized spacial score (nSPS) is 10.2. The van der Waals surface area contributed by atoms with Crippen LogP contribution in [0, 0.1) is 0 Å². The minimum Gasteiger partial charge on any atom is -0.325 e. The molecule has 1 amide bonds. The number of aromatic amines is 1. The van der Waals surface area contributed by atoms with E-state index >= 15 is 0 Å². The fraction of sp³-hybridized carbons (Fsp3) is 0.100. The van der Waals surface area contributed by atoms with Gasteiger partial charge in [0.2, 0.25) is 5.91 Å². The van der Waals surface area contributed by atoms with Crippen molar-refractivity contribution in [1.82, 2.24) is 14.8 Å². The molecule has 4 N–H and O–H groups in total. The molecule has 2 rings (SSSR count). The molecule has 0 fully saturated rings. The number of carbonyl (C=O) groups excluding carboxylic acids is 1. The van der Waals surface area contributed by atoms with Crippen molar-refractivity contribution in [2.75, 3.05) is 11.9 Å². The molecule has 0 atom stereocenters. The number of hydrogen-bond donors (Lipinski definition) is 3. The zero-order valence-electron chi connectivity index (χ0n) is 8.88. The van der Waals surface area contributed by atoms with Gasteiger partial charge in [-0.25, -0.2) is 14.5 Å². The second kappa shape index (κ2) is 4.62. The fourth-order valence-corrected chi connectivity index (χ4v) is 1.38. The van der Waals surface area contributed by atoms with Crippen molar-refractivity contribution in [2.45, 2.75) is 0 Å². The number of hydrogen-bond acceptors (Lipinski definition) is 4. The Balaban J connectivity index is 2.32. The number of aromatic nitrogens is 3. The van der Waals surface area contributed by atoms with Gasteiger partial charge in [0.25, 0.3) is 0 Å². The minimum atomic E-state index is -0.340. The summed E-state index contributed by atoms with van der Waals surface area (Å²) in [5.41, 5.74) is 6.04. The summed E-state index contributed by atoms with van der Waals surface area (Å²) in [5, 5.41) is 8.52. The third-order valence-corrected chi connectivity index (χ3v) is 2.15. The highest BCUT2D eigenvalue weighted by Crippen LogP contribution is 2.12. The van der Waals surface area contributed by atoms with Crippen LogP contribution in [0.1, 0.15) is 0 Å². The molecular weight excluding hydrogens is 222 g/mol. The predicted octanol–water partition coefficient (Wildman–Crippen LogP) is -0.542. The van der Waals surface area contributed by atoms with E-state index < -0.39 is 0 Å². The first kappa shape index (κ1) is 11.1. The molecule has 0 aliphatic carbocycles. The van der Waals surface area contributed by atoms with Gasteiger partial charge in [-0.3, -0.25) is 4.79 Å². The molecule has 0 aliphatic heterocycles. The minimum absolute atomic E-state index is 0.0874. The lowest BCUT2D eigenvalue weighted by molar-refractivity contribution is -0.114. The van der Waals surface area contributed by atoms with E-state index in [-0.39, 0.29) is 18.1 Å². The number of amides is 1. The van der Waals surface area contributed by atoms with Gasteiger partial charge >= 0.3 is 5.69 Å². The van der Waals surface area contributed by atoms with Crippen LogP contribution in [0.2, 0.25) is 0 Å². The van der Waals surface area contributed by atoms with Crippen molar-refractivity contribution in [3.63, 3.8) is 0 Å². The SMILES string of the molecule is NCC(=O)Nc1cccc(-n2cn[nH]c2=O)c1. The van der Waals surface area contributed by atoms with Crippen LogP contribution in [0.5, 0.6) is 0 Å². The molecule has 88 valence electrons. The Bertz CT molecular complexity index is 586. The summed E-state index contributed by atoms with van der Waals surface area (Å²) in [5.74, 6) is -0.290. The first-order valence-corrected chi connectivity index (χ1v) is 4.93. The Hall–Kier alpha value is -2.41. The number of carbonyl (C=O) groups is 1. The summed E-state index contributed by atoms with van der Waals surface area (Å²) in [7, 11) is 0. The average Bonchev–Trinajstić information content (AvgIpc) is 2.75. The Morgan fingerprint density at radius 3 is 3.00 bits per heavy atom. The largest absolute Gasteiger partial charge is 0.347 e. The maximum atomic E-state index is 11.3. The number of anilines is 1. The molecule has 0 spiro atoms. The van der Waals surface area contributed by atoms with Crippen molar-refractivity contribution in [1.29, 1.82) is 0 Å². The first-order chi connectivity index (χ1) is 8.20. The lowest BCUT2D eigenvalue weighted by Crippen LogP contribution is -2.22. The molecule has 17 heavy (non-hydrogen) atoms. The monoisotopic (exact) mass is 233 g/mol. The van der Waals surface area contributed by atoms with Crippen LogP contribution in [0.15, 0.2) is 35.4 Å². The van der Waals surface area contributed by atoms with Crippen LogP contribution in [-0.4, -0.2) is 27.2 Å². The molecule has 0 saturated carbocycles. The molecule has 1 aromatic carbocycles. The van der Waals surface area contributed by atoms with Gasteiger partial charge in [-0.15, -0.1) is 0 Å². The number of nitrogens with one attached hydrogen (secondary N) is 2. The van der Waals surface area contributed by atoms with Gasteiger partial charge in [0.15, 0.2) is 0 Å². The van der Waals surface area contributed by atoms with E-state index in [0.717, 1.165) is 0 Å². The number of nitrogens with zero attached hydrogens (tertiary/aromatic N) is 2. The third kappa shape index (κ3) is 2.40. The molecule has 1 heterocycles. The van der Waals surface area contributed by atoms with E-state index in [0.29, 0.717) is 11.4 Å². The van der Waals surface area contributed by atoms with Crippen LogP contribution in [-0.2, 0) is 4.79 Å². The van der Waals surface area contributed by atoms with Crippen molar-refractivity contribution < 1.29 is 4.79 Å². The molecule has 0 saturated heterocycles. The Kier molecular flexibility index (Phi) is 3.01. The van der Waals surface area contributed by atoms with Crippen molar-refractivity contribution >= 4 is 11.6 Å². The van der Waals surface area contributed by atoms with Crippen molar-refractivity contribution in [3.8, 4) is 5.69 Å². The van der Waals surface area contributed by atoms with Gasteiger partial charge < -0.3 is 11.1 Å². The number of benzene rings is 1. The Morgan fingerprint density at radius 1 is 1.53 bits per heavy atom. The van der Waals surface area contributed by atoms with Crippen LogP contribution in [0.4, 0.5) is 5.69 Å². The maximum absolute atomic E-state index is 11.3. The standard InChI is InChI=1S/C10H11N5O2/c11-5-9(16)13-7-2-1-3-8(4-7)15-6-12-14-10(15)17/h1-4,6H,5,11H2,(H,13,16)(H,14,17). The number of nitrogens with two attached hydrogens (primary N) is 1. The van der Waals surface area contributed by atoms with Gasteiger partial charge in [0.1, 0.15) is 6.33 Å². The molecule has 0 bridgehead atoms. The Morgan fingerprint density at radius 2 is 2.35 bits per heavy atom. The third-order valence-electron chi connectivity index (χ3n) is 2.15. The van der Waals surface area contributed by atoms with Crippen LogP contribution in [0.3, 0.4) is 0 Å². The van der Waals surface area contributed by atoms with Crippen LogP contribution >= 0.6 is 0 Å². The first-order valence-electron chi connectivity index (χ1n) is 4.93. The summed E-state index contributed by atoms with van der Waals surface area (Å²) in [4.78, 5) is 22.5. The van der Waals surface area contributed by atoms with E-state index in [1.807, 2.05) is 0 Å². The summed E-state index contributed by atoms with van der Waals surface area (Å²) in [6.07, 6.45) is 1.37. The van der Waals surface area contributed by atoms with Crippen LogP contribution in [0.25, 0.3) is 5.69 Å².